The number of nitrogens with one attached hydrogen (secondary N) is 1. The van der Waals surface area contributed by atoms with Crippen LogP contribution in [0.3, 0.4) is 0 Å². The molecule has 0 bridgehead atoms. The van der Waals surface area contributed by atoms with Gasteiger partial charge in [-0.05, 0) is 36.5 Å². The molecule has 2 atom stereocenters. The average Bonchev–Trinajstić information content (AvgIpc) is 3.19. The number of hydrogen-bond acceptors (Lipinski definition) is 3. The molecule has 156 valence electrons. The van der Waals surface area contributed by atoms with E-state index in [9.17, 15) is 4.79 Å². The molecule has 3 aromatic rings. The summed E-state index contributed by atoms with van der Waals surface area (Å²) in [5.74, 6) is 1.15. The summed E-state index contributed by atoms with van der Waals surface area (Å²) in [6.07, 6.45) is 6.47. The Morgan fingerprint density at radius 3 is 2.60 bits per heavy atom. The molecule has 1 saturated carbocycles. The molecule has 1 fully saturated rings. The maximum Gasteiger partial charge on any atom is 0.255 e. The van der Waals surface area contributed by atoms with E-state index in [1.54, 1.807) is 7.11 Å². The van der Waals surface area contributed by atoms with Crippen LogP contribution in [0, 0.1) is 5.92 Å². The van der Waals surface area contributed by atoms with E-state index < -0.39 is 0 Å². The van der Waals surface area contributed by atoms with Crippen molar-refractivity contribution in [3.05, 3.63) is 71.9 Å². The quantitative estimate of drug-likeness (QED) is 0.636. The lowest BCUT2D eigenvalue weighted by Gasteiger charge is -2.29. The SMILES string of the molecule is COc1ccccc1-c1nn(Cc2ccccc2)cc1C(=O)N[C@@H]1CCCC[C@H]1C. The summed E-state index contributed by atoms with van der Waals surface area (Å²) >= 11 is 0. The van der Waals surface area contributed by atoms with Gasteiger partial charge in [-0.1, -0.05) is 62.2 Å². The van der Waals surface area contributed by atoms with Crippen LogP contribution in [0.1, 0.15) is 48.5 Å². The molecule has 0 saturated heterocycles. The monoisotopic (exact) mass is 403 g/mol. The number of hydrogen-bond donors (Lipinski definition) is 1. The molecule has 1 heterocycles. The predicted molar refractivity (Wildman–Crippen MR) is 119 cm³/mol. The van der Waals surface area contributed by atoms with Crippen molar-refractivity contribution < 1.29 is 9.53 Å². The van der Waals surface area contributed by atoms with Crippen LogP contribution < -0.4 is 10.1 Å². The minimum atomic E-state index is -0.0611. The van der Waals surface area contributed by atoms with Crippen LogP contribution in [0.25, 0.3) is 11.3 Å². The number of ether oxygens (including phenoxy) is 1. The van der Waals surface area contributed by atoms with Crippen LogP contribution in [0.5, 0.6) is 5.75 Å². The van der Waals surface area contributed by atoms with Gasteiger partial charge in [-0.15, -0.1) is 0 Å². The Balaban J connectivity index is 1.68. The van der Waals surface area contributed by atoms with Crippen molar-refractivity contribution >= 4 is 5.91 Å². The van der Waals surface area contributed by atoms with E-state index in [1.165, 1.54) is 12.8 Å². The van der Waals surface area contributed by atoms with Gasteiger partial charge in [0.2, 0.25) is 0 Å². The average molecular weight is 404 g/mol. The van der Waals surface area contributed by atoms with E-state index in [0.717, 1.165) is 24.0 Å². The number of rotatable bonds is 6. The molecule has 2 aromatic carbocycles. The summed E-state index contributed by atoms with van der Waals surface area (Å²) in [6.45, 7) is 2.83. The molecule has 0 spiro atoms. The summed E-state index contributed by atoms with van der Waals surface area (Å²) in [4.78, 5) is 13.3. The zero-order valence-corrected chi connectivity index (χ0v) is 17.7. The van der Waals surface area contributed by atoms with Crippen molar-refractivity contribution in [1.82, 2.24) is 15.1 Å². The molecule has 4 rings (SSSR count). The summed E-state index contributed by atoms with van der Waals surface area (Å²) in [5.41, 5.74) is 3.21. The van der Waals surface area contributed by atoms with Crippen LogP contribution in [0.4, 0.5) is 0 Å². The first kappa shape index (κ1) is 20.2. The lowest BCUT2D eigenvalue weighted by molar-refractivity contribution is 0.0911. The summed E-state index contributed by atoms with van der Waals surface area (Å²) < 4.78 is 7.39. The zero-order chi connectivity index (χ0) is 20.9. The van der Waals surface area contributed by atoms with Crippen molar-refractivity contribution in [1.29, 1.82) is 0 Å². The number of aromatic nitrogens is 2. The Hall–Kier alpha value is -3.08. The van der Waals surface area contributed by atoms with Gasteiger partial charge >= 0.3 is 0 Å². The molecular weight excluding hydrogens is 374 g/mol. The lowest BCUT2D eigenvalue weighted by Crippen LogP contribution is -2.41. The van der Waals surface area contributed by atoms with Gasteiger partial charge in [-0.25, -0.2) is 0 Å². The first-order chi connectivity index (χ1) is 14.7. The number of para-hydroxylation sites is 1. The van der Waals surface area contributed by atoms with Gasteiger partial charge in [-0.2, -0.15) is 5.10 Å². The molecular formula is C25H29N3O2. The zero-order valence-electron chi connectivity index (χ0n) is 17.7. The second-order valence-corrected chi connectivity index (χ2v) is 8.12. The van der Waals surface area contributed by atoms with Gasteiger partial charge in [-0.3, -0.25) is 9.48 Å². The predicted octanol–water partition coefficient (Wildman–Crippen LogP) is 4.92. The van der Waals surface area contributed by atoms with E-state index in [0.29, 0.717) is 29.5 Å². The van der Waals surface area contributed by atoms with E-state index in [1.807, 2.05) is 53.3 Å². The summed E-state index contributed by atoms with van der Waals surface area (Å²) in [5, 5.41) is 8.07. The number of carbonyl (C=O) groups is 1. The molecule has 30 heavy (non-hydrogen) atoms. The molecule has 1 aliphatic rings. The van der Waals surface area contributed by atoms with E-state index >= 15 is 0 Å². The van der Waals surface area contributed by atoms with Crippen molar-refractivity contribution in [2.75, 3.05) is 7.11 Å². The van der Waals surface area contributed by atoms with Crippen molar-refractivity contribution in [2.24, 2.45) is 5.92 Å². The molecule has 0 unspecified atom stereocenters. The van der Waals surface area contributed by atoms with Crippen molar-refractivity contribution in [3.63, 3.8) is 0 Å². The molecule has 5 nitrogen and oxygen atoms in total. The number of benzene rings is 2. The third-order valence-electron chi connectivity index (χ3n) is 5.98. The highest BCUT2D eigenvalue weighted by Gasteiger charge is 2.26. The summed E-state index contributed by atoms with van der Waals surface area (Å²) in [6, 6.07) is 18.1. The van der Waals surface area contributed by atoms with Crippen LogP contribution in [-0.4, -0.2) is 28.8 Å². The van der Waals surface area contributed by atoms with Crippen LogP contribution in [0.2, 0.25) is 0 Å². The fraction of sp³-hybridized carbons (Fsp3) is 0.360. The molecule has 0 aliphatic heterocycles. The molecule has 1 aromatic heterocycles. The maximum atomic E-state index is 13.3. The number of amides is 1. The third-order valence-corrected chi connectivity index (χ3v) is 5.98. The molecule has 1 amide bonds. The highest BCUT2D eigenvalue weighted by molar-refractivity contribution is 6.00. The standard InChI is InChI=1S/C25H29N3O2/c1-18-10-6-8-14-22(18)26-25(29)21-17-28(16-19-11-4-3-5-12-19)27-24(21)20-13-7-9-15-23(20)30-2/h3-5,7,9,11-13,15,17-18,22H,6,8,10,14,16H2,1-2H3,(H,26,29)/t18-,22-/m1/s1. The number of nitrogens with zero attached hydrogens (tertiary/aromatic N) is 2. The Morgan fingerprint density at radius 2 is 1.83 bits per heavy atom. The van der Waals surface area contributed by atoms with E-state index in [2.05, 4.69) is 24.4 Å². The Labute approximate surface area is 178 Å². The highest BCUT2D eigenvalue weighted by atomic mass is 16.5. The number of methoxy groups -OCH3 is 1. The highest BCUT2D eigenvalue weighted by Crippen LogP contribution is 2.32. The molecule has 0 radical (unpaired) electrons. The Morgan fingerprint density at radius 1 is 1.10 bits per heavy atom. The second kappa shape index (κ2) is 9.16. The fourth-order valence-corrected chi connectivity index (χ4v) is 4.26. The lowest BCUT2D eigenvalue weighted by atomic mass is 9.86. The minimum absolute atomic E-state index is 0.0611. The van der Waals surface area contributed by atoms with Gasteiger partial charge in [0.25, 0.3) is 5.91 Å². The topological polar surface area (TPSA) is 56.2 Å². The van der Waals surface area contributed by atoms with Crippen LogP contribution >= 0.6 is 0 Å². The van der Waals surface area contributed by atoms with Gasteiger partial charge in [0.1, 0.15) is 11.4 Å². The second-order valence-electron chi connectivity index (χ2n) is 8.12. The molecule has 5 heteroatoms. The number of carbonyl (C=O) groups excluding carboxylic acids is 1. The minimum Gasteiger partial charge on any atom is -0.496 e. The van der Waals surface area contributed by atoms with Gasteiger partial charge < -0.3 is 10.1 Å². The van der Waals surface area contributed by atoms with E-state index in [-0.39, 0.29) is 11.9 Å². The fourth-order valence-electron chi connectivity index (χ4n) is 4.26. The van der Waals surface area contributed by atoms with Crippen molar-refractivity contribution in [2.45, 2.75) is 45.2 Å². The largest absolute Gasteiger partial charge is 0.496 e. The summed E-state index contributed by atoms with van der Waals surface area (Å²) in [7, 11) is 1.64. The van der Waals surface area contributed by atoms with Crippen molar-refractivity contribution in [3.8, 4) is 17.0 Å². The molecule has 1 aliphatic carbocycles. The normalized spacial score (nSPS) is 18.7. The van der Waals surface area contributed by atoms with Gasteiger partial charge in [0, 0.05) is 17.8 Å². The third kappa shape index (κ3) is 4.40. The van der Waals surface area contributed by atoms with Crippen LogP contribution in [-0.2, 0) is 6.54 Å². The van der Waals surface area contributed by atoms with E-state index in [4.69, 9.17) is 9.84 Å². The molecule has 1 N–H and O–H groups in total. The van der Waals surface area contributed by atoms with Gasteiger partial charge in [0.15, 0.2) is 0 Å². The smallest absolute Gasteiger partial charge is 0.255 e. The van der Waals surface area contributed by atoms with Gasteiger partial charge in [0.05, 0.1) is 19.2 Å². The first-order valence-corrected chi connectivity index (χ1v) is 10.7. The maximum absolute atomic E-state index is 13.3. The Bertz CT molecular complexity index is 997. The Kier molecular flexibility index (Phi) is 6.17. The first-order valence-electron chi connectivity index (χ1n) is 10.7. The van der Waals surface area contributed by atoms with Crippen LogP contribution in [0.15, 0.2) is 60.8 Å².